The van der Waals surface area contributed by atoms with E-state index in [4.69, 9.17) is 16.0 Å². The summed E-state index contributed by atoms with van der Waals surface area (Å²) < 4.78 is 5.16. The molecule has 3 nitrogen and oxygen atoms in total. The summed E-state index contributed by atoms with van der Waals surface area (Å²) in [7, 11) is 0. The van der Waals surface area contributed by atoms with Gasteiger partial charge in [-0.1, -0.05) is 6.92 Å². The van der Waals surface area contributed by atoms with E-state index in [1.807, 2.05) is 19.1 Å². The Labute approximate surface area is 101 Å². The van der Waals surface area contributed by atoms with Crippen LogP contribution in [-0.2, 0) is 11.2 Å². The maximum Gasteiger partial charge on any atom is 0.220 e. The molecule has 1 aromatic heterocycles. The number of rotatable bonds is 7. The van der Waals surface area contributed by atoms with Gasteiger partial charge in [0.15, 0.2) is 0 Å². The second kappa shape index (κ2) is 7.34. The van der Waals surface area contributed by atoms with E-state index in [2.05, 4.69) is 5.32 Å². The molecule has 0 aromatic carbocycles. The van der Waals surface area contributed by atoms with Crippen molar-refractivity contribution in [2.45, 2.75) is 38.6 Å². The summed E-state index contributed by atoms with van der Waals surface area (Å²) in [6.07, 6.45) is 4.47. The van der Waals surface area contributed by atoms with Gasteiger partial charge in [-0.25, -0.2) is 0 Å². The summed E-state index contributed by atoms with van der Waals surface area (Å²) in [5.41, 5.74) is 0. The first-order valence-electron chi connectivity index (χ1n) is 5.64. The molecule has 1 amide bonds. The van der Waals surface area contributed by atoms with Gasteiger partial charge in [0.25, 0.3) is 0 Å². The molecule has 0 bridgehead atoms. The minimum Gasteiger partial charge on any atom is -0.469 e. The molecule has 0 radical (unpaired) electrons. The van der Waals surface area contributed by atoms with Crippen molar-refractivity contribution in [3.05, 3.63) is 24.2 Å². The Bertz CT molecular complexity index is 298. The Balaban J connectivity index is 2.24. The lowest BCUT2D eigenvalue weighted by atomic mass is 10.1. The van der Waals surface area contributed by atoms with Gasteiger partial charge in [-0.2, -0.15) is 0 Å². The first-order chi connectivity index (χ1) is 7.76. The van der Waals surface area contributed by atoms with Gasteiger partial charge in [0.2, 0.25) is 5.91 Å². The van der Waals surface area contributed by atoms with Crippen LogP contribution in [0.2, 0.25) is 0 Å². The molecule has 1 aromatic rings. The number of nitrogens with one attached hydrogen (secondary N) is 1. The van der Waals surface area contributed by atoms with Gasteiger partial charge in [0.1, 0.15) is 5.76 Å². The van der Waals surface area contributed by atoms with Crippen LogP contribution in [0.15, 0.2) is 22.8 Å². The fraction of sp³-hybridized carbons (Fsp3) is 0.583. The van der Waals surface area contributed by atoms with E-state index >= 15 is 0 Å². The fourth-order valence-electron chi connectivity index (χ4n) is 1.50. The van der Waals surface area contributed by atoms with Crippen LogP contribution in [-0.4, -0.2) is 17.8 Å². The molecule has 1 unspecified atom stereocenters. The Kier molecular flexibility index (Phi) is 6.01. The summed E-state index contributed by atoms with van der Waals surface area (Å²) in [6, 6.07) is 3.90. The predicted octanol–water partition coefficient (Wildman–Crippen LogP) is 2.74. The van der Waals surface area contributed by atoms with Crippen LogP contribution < -0.4 is 5.32 Å². The van der Waals surface area contributed by atoms with Gasteiger partial charge in [0, 0.05) is 24.8 Å². The topological polar surface area (TPSA) is 42.2 Å². The first kappa shape index (κ1) is 13.1. The van der Waals surface area contributed by atoms with Crippen LogP contribution in [0.1, 0.15) is 31.9 Å². The standard InChI is InChI=1S/C12H18ClNO2/c1-2-10(7-8-13)14-12(15)6-5-11-4-3-9-16-11/h3-4,9-10H,2,5-8H2,1H3,(H,14,15). The van der Waals surface area contributed by atoms with Gasteiger partial charge in [-0.05, 0) is 25.0 Å². The number of hydrogen-bond acceptors (Lipinski definition) is 2. The molecule has 4 heteroatoms. The lowest BCUT2D eigenvalue weighted by molar-refractivity contribution is -0.121. The van der Waals surface area contributed by atoms with Gasteiger partial charge in [0.05, 0.1) is 6.26 Å². The summed E-state index contributed by atoms with van der Waals surface area (Å²) in [5, 5.41) is 2.96. The third-order valence-corrected chi connectivity index (χ3v) is 2.71. The van der Waals surface area contributed by atoms with Crippen molar-refractivity contribution >= 4 is 17.5 Å². The Morgan fingerprint density at radius 2 is 2.44 bits per heavy atom. The summed E-state index contributed by atoms with van der Waals surface area (Å²) in [6.45, 7) is 2.05. The highest BCUT2D eigenvalue weighted by Gasteiger charge is 2.10. The van der Waals surface area contributed by atoms with Gasteiger partial charge in [-0.15, -0.1) is 11.6 Å². The molecular formula is C12H18ClNO2. The van der Waals surface area contributed by atoms with E-state index < -0.39 is 0 Å². The van der Waals surface area contributed by atoms with Crippen LogP contribution in [0.3, 0.4) is 0 Å². The molecule has 0 aliphatic carbocycles. The number of carbonyl (C=O) groups excluding carboxylic acids is 1. The summed E-state index contributed by atoms with van der Waals surface area (Å²) in [5.74, 6) is 1.49. The number of amides is 1. The molecule has 0 fully saturated rings. The average Bonchev–Trinajstić information content (AvgIpc) is 2.78. The van der Waals surface area contributed by atoms with Crippen molar-refractivity contribution in [3.63, 3.8) is 0 Å². The molecule has 16 heavy (non-hydrogen) atoms. The number of alkyl halides is 1. The van der Waals surface area contributed by atoms with Crippen molar-refractivity contribution in [1.29, 1.82) is 0 Å². The molecule has 1 rings (SSSR count). The Hall–Kier alpha value is -0.960. The number of carbonyl (C=O) groups is 1. The summed E-state index contributed by atoms with van der Waals surface area (Å²) in [4.78, 5) is 11.6. The number of aryl methyl sites for hydroxylation is 1. The predicted molar refractivity (Wildman–Crippen MR) is 64.6 cm³/mol. The Morgan fingerprint density at radius 3 is 3.00 bits per heavy atom. The van der Waals surface area contributed by atoms with Crippen molar-refractivity contribution in [3.8, 4) is 0 Å². The van der Waals surface area contributed by atoms with Crippen molar-refractivity contribution in [2.24, 2.45) is 0 Å². The molecule has 0 aliphatic heterocycles. The van der Waals surface area contributed by atoms with Crippen molar-refractivity contribution < 1.29 is 9.21 Å². The number of halogens is 1. The first-order valence-corrected chi connectivity index (χ1v) is 6.17. The maximum absolute atomic E-state index is 11.6. The van der Waals surface area contributed by atoms with E-state index in [-0.39, 0.29) is 11.9 Å². The van der Waals surface area contributed by atoms with E-state index in [9.17, 15) is 4.79 Å². The molecule has 90 valence electrons. The highest BCUT2D eigenvalue weighted by molar-refractivity contribution is 6.17. The van der Waals surface area contributed by atoms with Gasteiger partial charge in [-0.3, -0.25) is 4.79 Å². The zero-order valence-corrected chi connectivity index (χ0v) is 10.3. The van der Waals surface area contributed by atoms with Crippen molar-refractivity contribution in [2.75, 3.05) is 5.88 Å². The molecular weight excluding hydrogens is 226 g/mol. The monoisotopic (exact) mass is 243 g/mol. The largest absolute Gasteiger partial charge is 0.469 e. The highest BCUT2D eigenvalue weighted by Crippen LogP contribution is 2.05. The minimum absolute atomic E-state index is 0.0633. The third kappa shape index (κ3) is 4.71. The molecule has 1 heterocycles. The van der Waals surface area contributed by atoms with Crippen LogP contribution in [0.4, 0.5) is 0 Å². The maximum atomic E-state index is 11.6. The molecule has 1 N–H and O–H groups in total. The smallest absolute Gasteiger partial charge is 0.220 e. The van der Waals surface area contributed by atoms with E-state index in [0.717, 1.165) is 18.6 Å². The zero-order valence-electron chi connectivity index (χ0n) is 9.54. The Morgan fingerprint density at radius 1 is 1.62 bits per heavy atom. The highest BCUT2D eigenvalue weighted by atomic mass is 35.5. The fourth-order valence-corrected chi connectivity index (χ4v) is 1.76. The lowest BCUT2D eigenvalue weighted by Gasteiger charge is -2.15. The number of furan rings is 1. The van der Waals surface area contributed by atoms with E-state index in [1.54, 1.807) is 6.26 Å². The normalized spacial score (nSPS) is 12.4. The van der Waals surface area contributed by atoms with E-state index in [0.29, 0.717) is 18.7 Å². The number of hydrogen-bond donors (Lipinski definition) is 1. The lowest BCUT2D eigenvalue weighted by Crippen LogP contribution is -2.34. The molecule has 0 saturated heterocycles. The van der Waals surface area contributed by atoms with Crippen LogP contribution in [0.5, 0.6) is 0 Å². The minimum atomic E-state index is 0.0633. The quantitative estimate of drug-likeness (QED) is 0.749. The van der Waals surface area contributed by atoms with Crippen LogP contribution in [0.25, 0.3) is 0 Å². The second-order valence-electron chi connectivity index (χ2n) is 3.73. The van der Waals surface area contributed by atoms with Gasteiger partial charge >= 0.3 is 0 Å². The van der Waals surface area contributed by atoms with Crippen LogP contribution >= 0.6 is 11.6 Å². The third-order valence-electron chi connectivity index (χ3n) is 2.49. The molecule has 1 atom stereocenters. The molecule has 0 spiro atoms. The molecule has 0 saturated carbocycles. The molecule has 0 aliphatic rings. The van der Waals surface area contributed by atoms with Crippen LogP contribution in [0, 0.1) is 0 Å². The zero-order chi connectivity index (χ0) is 11.8. The van der Waals surface area contributed by atoms with Crippen molar-refractivity contribution in [1.82, 2.24) is 5.32 Å². The summed E-state index contributed by atoms with van der Waals surface area (Å²) >= 11 is 5.65. The van der Waals surface area contributed by atoms with E-state index in [1.165, 1.54) is 0 Å². The SMILES string of the molecule is CCC(CCCl)NC(=O)CCc1ccco1. The average molecular weight is 244 g/mol. The van der Waals surface area contributed by atoms with Gasteiger partial charge < -0.3 is 9.73 Å². The second-order valence-corrected chi connectivity index (χ2v) is 4.11.